The number of hydrogen-bond acceptors (Lipinski definition) is 6. The molecule has 11 heteroatoms. The molecular weight excluding hydrogens is 537 g/mol. The Morgan fingerprint density at radius 2 is 1.78 bits per heavy atom. The summed E-state index contributed by atoms with van der Waals surface area (Å²) >= 11 is 12.1. The maximum atomic E-state index is 13.4. The molecule has 0 atom stereocenters. The minimum Gasteiger partial charge on any atom is -0.490 e. The fourth-order valence-electron chi connectivity index (χ4n) is 3.16. The van der Waals surface area contributed by atoms with E-state index in [-0.39, 0.29) is 20.6 Å². The van der Waals surface area contributed by atoms with Crippen LogP contribution in [-0.2, 0) is 14.8 Å². The van der Waals surface area contributed by atoms with Gasteiger partial charge in [-0.2, -0.15) is 5.10 Å². The van der Waals surface area contributed by atoms with E-state index in [0.717, 1.165) is 4.31 Å². The zero-order valence-electron chi connectivity index (χ0n) is 19.9. The Bertz CT molecular complexity index is 1380. The first-order valence-corrected chi connectivity index (χ1v) is 13.3. The number of halogens is 2. The third kappa shape index (κ3) is 7.48. The predicted octanol–water partition coefficient (Wildman–Crippen LogP) is 5.30. The van der Waals surface area contributed by atoms with E-state index in [2.05, 4.69) is 17.1 Å². The van der Waals surface area contributed by atoms with E-state index in [1.807, 2.05) is 6.92 Å². The molecule has 3 aromatic carbocycles. The molecule has 0 spiro atoms. The second-order valence-corrected chi connectivity index (χ2v) is 10.1. The molecule has 8 nitrogen and oxygen atoms in total. The average molecular weight is 562 g/mol. The summed E-state index contributed by atoms with van der Waals surface area (Å²) in [4.78, 5) is 12.8. The smallest absolute Gasteiger partial charge is 0.264 e. The number of benzene rings is 3. The number of hydrazone groups is 1. The van der Waals surface area contributed by atoms with Gasteiger partial charge in [-0.3, -0.25) is 9.10 Å². The van der Waals surface area contributed by atoms with Crippen LogP contribution in [0.4, 0.5) is 5.69 Å². The van der Waals surface area contributed by atoms with Crippen molar-refractivity contribution in [3.05, 3.63) is 95.0 Å². The highest BCUT2D eigenvalue weighted by molar-refractivity contribution is 7.92. The molecular formula is C26H25Cl2N3O5S. The van der Waals surface area contributed by atoms with Crippen LogP contribution in [0.5, 0.6) is 11.5 Å². The van der Waals surface area contributed by atoms with E-state index < -0.39 is 22.5 Å². The van der Waals surface area contributed by atoms with Crippen molar-refractivity contribution in [1.29, 1.82) is 0 Å². The van der Waals surface area contributed by atoms with Gasteiger partial charge in [-0.1, -0.05) is 54.1 Å². The molecule has 0 aliphatic rings. The number of carbonyl (C=O) groups excluding carboxylic acids is 1. The topological polar surface area (TPSA) is 97.3 Å². The van der Waals surface area contributed by atoms with Crippen molar-refractivity contribution in [2.24, 2.45) is 5.10 Å². The highest BCUT2D eigenvalue weighted by atomic mass is 35.5. The van der Waals surface area contributed by atoms with E-state index in [1.54, 1.807) is 42.5 Å². The maximum absolute atomic E-state index is 13.4. The lowest BCUT2D eigenvalue weighted by molar-refractivity contribution is -0.119. The van der Waals surface area contributed by atoms with Crippen LogP contribution in [0.1, 0.15) is 12.5 Å². The van der Waals surface area contributed by atoms with Gasteiger partial charge in [0.1, 0.15) is 13.2 Å². The van der Waals surface area contributed by atoms with Crippen molar-refractivity contribution in [2.75, 3.05) is 24.1 Å². The van der Waals surface area contributed by atoms with Crippen molar-refractivity contribution in [3.63, 3.8) is 0 Å². The molecule has 0 saturated heterocycles. The molecule has 0 heterocycles. The molecule has 0 aliphatic heterocycles. The maximum Gasteiger partial charge on any atom is 0.264 e. The molecule has 0 fully saturated rings. The molecule has 0 radical (unpaired) electrons. The summed E-state index contributed by atoms with van der Waals surface area (Å²) in [6.07, 6.45) is 3.03. The Balaban J connectivity index is 1.80. The van der Waals surface area contributed by atoms with Crippen LogP contribution >= 0.6 is 23.2 Å². The van der Waals surface area contributed by atoms with Crippen LogP contribution < -0.4 is 19.2 Å². The second kappa shape index (κ2) is 13.1. The summed E-state index contributed by atoms with van der Waals surface area (Å²) in [7, 11) is -4.10. The summed E-state index contributed by atoms with van der Waals surface area (Å²) in [5.41, 5.74) is 3.17. The van der Waals surface area contributed by atoms with Crippen LogP contribution in [0.3, 0.4) is 0 Å². The van der Waals surface area contributed by atoms with Gasteiger partial charge in [-0.05, 0) is 61.0 Å². The number of anilines is 1. The Labute approximate surface area is 226 Å². The summed E-state index contributed by atoms with van der Waals surface area (Å²) in [5.74, 6) is 0.392. The van der Waals surface area contributed by atoms with Crippen molar-refractivity contribution < 1.29 is 22.7 Å². The highest BCUT2D eigenvalue weighted by Gasteiger charge is 2.27. The minimum atomic E-state index is -4.10. The molecule has 0 bridgehead atoms. The quantitative estimate of drug-likeness (QED) is 0.184. The molecule has 1 N–H and O–H groups in total. The van der Waals surface area contributed by atoms with E-state index >= 15 is 0 Å². The summed E-state index contributed by atoms with van der Waals surface area (Å²) < 4.78 is 38.8. The molecule has 3 rings (SSSR count). The van der Waals surface area contributed by atoms with E-state index in [0.29, 0.717) is 30.3 Å². The number of nitrogens with one attached hydrogen (secondary N) is 1. The van der Waals surface area contributed by atoms with Crippen LogP contribution in [0.15, 0.2) is 89.4 Å². The van der Waals surface area contributed by atoms with Gasteiger partial charge in [0.25, 0.3) is 15.9 Å². The number of amides is 1. The van der Waals surface area contributed by atoms with Gasteiger partial charge in [-0.15, -0.1) is 0 Å². The largest absolute Gasteiger partial charge is 0.490 e. The Kier molecular flexibility index (Phi) is 9.96. The second-order valence-electron chi connectivity index (χ2n) is 7.46. The lowest BCUT2D eigenvalue weighted by Crippen LogP contribution is -2.39. The number of hydrogen-bond donors (Lipinski definition) is 1. The van der Waals surface area contributed by atoms with E-state index in [9.17, 15) is 13.2 Å². The summed E-state index contributed by atoms with van der Waals surface area (Å²) in [5, 5.41) is 4.37. The fraction of sp³-hybridized carbons (Fsp3) is 0.154. The van der Waals surface area contributed by atoms with Gasteiger partial charge in [0, 0.05) is 0 Å². The highest BCUT2D eigenvalue weighted by Crippen LogP contribution is 2.30. The first kappa shape index (κ1) is 28.0. The zero-order chi connectivity index (χ0) is 26.8. The lowest BCUT2D eigenvalue weighted by atomic mass is 10.2. The Morgan fingerprint density at radius 3 is 2.46 bits per heavy atom. The SMILES string of the molecule is C=CCOc1ccc(C=NNC(=O)CN(c2ccc(Cl)c(Cl)c2)S(=O)(=O)c2ccccc2)cc1OCC. The standard InChI is InChI=1S/C26H25Cl2N3O5S/c1-3-14-36-24-13-10-19(15-25(24)35-4-2)17-29-30-26(32)18-31(20-11-12-22(27)23(28)16-20)37(33,34)21-8-6-5-7-9-21/h3,5-13,15-17H,1,4,14,18H2,2H3,(H,30,32). The molecule has 37 heavy (non-hydrogen) atoms. The average Bonchev–Trinajstić information content (AvgIpc) is 2.89. The number of nitrogens with zero attached hydrogens (tertiary/aromatic N) is 2. The van der Waals surface area contributed by atoms with Crippen molar-refractivity contribution >= 4 is 51.0 Å². The molecule has 0 aromatic heterocycles. The van der Waals surface area contributed by atoms with Crippen molar-refractivity contribution in [3.8, 4) is 11.5 Å². The zero-order valence-corrected chi connectivity index (χ0v) is 22.3. The van der Waals surface area contributed by atoms with Gasteiger partial charge in [0.2, 0.25) is 0 Å². The monoisotopic (exact) mass is 561 g/mol. The minimum absolute atomic E-state index is 0.0135. The summed E-state index contributed by atoms with van der Waals surface area (Å²) in [6, 6.07) is 17.2. The van der Waals surface area contributed by atoms with Gasteiger partial charge in [-0.25, -0.2) is 13.8 Å². The van der Waals surface area contributed by atoms with Gasteiger partial charge >= 0.3 is 0 Å². The lowest BCUT2D eigenvalue weighted by Gasteiger charge is -2.24. The molecule has 1 amide bonds. The van der Waals surface area contributed by atoms with Gasteiger partial charge < -0.3 is 9.47 Å². The number of sulfonamides is 1. The van der Waals surface area contributed by atoms with Crippen LogP contribution in [0.2, 0.25) is 10.0 Å². The number of carbonyl (C=O) groups is 1. The molecule has 3 aromatic rings. The fourth-order valence-corrected chi connectivity index (χ4v) is 4.89. The predicted molar refractivity (Wildman–Crippen MR) is 146 cm³/mol. The normalized spacial score (nSPS) is 11.2. The Hall–Kier alpha value is -3.53. The van der Waals surface area contributed by atoms with Crippen LogP contribution in [0, 0.1) is 0 Å². The van der Waals surface area contributed by atoms with Crippen molar-refractivity contribution in [2.45, 2.75) is 11.8 Å². The molecule has 0 aliphatic carbocycles. The number of rotatable bonds is 12. The summed E-state index contributed by atoms with van der Waals surface area (Å²) in [6.45, 7) is 5.68. The van der Waals surface area contributed by atoms with Gasteiger partial charge in [0.15, 0.2) is 11.5 Å². The third-order valence-electron chi connectivity index (χ3n) is 4.84. The van der Waals surface area contributed by atoms with E-state index in [1.165, 1.54) is 36.5 Å². The Morgan fingerprint density at radius 1 is 1.03 bits per heavy atom. The van der Waals surface area contributed by atoms with Crippen molar-refractivity contribution in [1.82, 2.24) is 5.43 Å². The first-order chi connectivity index (χ1) is 17.8. The van der Waals surface area contributed by atoms with Crippen LogP contribution in [-0.4, -0.2) is 40.3 Å². The van der Waals surface area contributed by atoms with Crippen LogP contribution in [0.25, 0.3) is 0 Å². The third-order valence-corrected chi connectivity index (χ3v) is 7.36. The van der Waals surface area contributed by atoms with Gasteiger partial charge in [0.05, 0.1) is 33.4 Å². The molecule has 0 unspecified atom stereocenters. The number of ether oxygens (including phenoxy) is 2. The molecule has 194 valence electrons. The molecule has 0 saturated carbocycles. The first-order valence-electron chi connectivity index (χ1n) is 11.1. The van der Waals surface area contributed by atoms with E-state index in [4.69, 9.17) is 32.7 Å².